The van der Waals surface area contributed by atoms with E-state index in [9.17, 15) is 9.59 Å². The Morgan fingerprint density at radius 1 is 0.558 bits per heavy atom. The average Bonchev–Trinajstić information content (AvgIpc) is 4.32. The largest absolute Gasteiger partial charge is 0.484 e. The predicted octanol–water partition coefficient (Wildman–Crippen LogP) is 5.39. The van der Waals surface area contributed by atoms with E-state index in [0.29, 0.717) is 16.3 Å². The number of hydrogen-bond donors (Lipinski definition) is 1. The Morgan fingerprint density at radius 3 is 1.52 bits per heavy atom. The summed E-state index contributed by atoms with van der Waals surface area (Å²) in [5, 5.41) is 12.1. The molecule has 6 aromatic heterocycles. The maximum Gasteiger partial charge on any atom is 0.260 e. The third-order valence-corrected chi connectivity index (χ3v) is 14.7. The van der Waals surface area contributed by atoms with Gasteiger partial charge in [-0.2, -0.15) is 10.2 Å². The number of nitrogens with one attached hydrogen (secondary N) is 1. The fourth-order valence-electron chi connectivity index (χ4n) is 10.2. The van der Waals surface area contributed by atoms with Crippen LogP contribution in [0.2, 0.25) is 5.15 Å². The maximum atomic E-state index is 12.5. The zero-order valence-corrected chi connectivity index (χ0v) is 45.1. The van der Waals surface area contributed by atoms with Gasteiger partial charge < -0.3 is 48.4 Å². The van der Waals surface area contributed by atoms with Gasteiger partial charge in [0, 0.05) is 143 Å². The van der Waals surface area contributed by atoms with E-state index in [1.165, 1.54) is 24.9 Å². The van der Waals surface area contributed by atoms with Crippen LogP contribution in [0.3, 0.4) is 0 Å². The second-order valence-electron chi connectivity index (χ2n) is 19.7. The van der Waals surface area contributed by atoms with Gasteiger partial charge in [0.05, 0.1) is 23.5 Å². The van der Waals surface area contributed by atoms with Crippen molar-refractivity contribution in [2.24, 2.45) is 28.2 Å². The van der Waals surface area contributed by atoms with E-state index < -0.39 is 0 Å². The second-order valence-corrected chi connectivity index (χ2v) is 20.0. The molecule has 0 radical (unpaired) electrons. The number of rotatable bonds is 11. The van der Waals surface area contributed by atoms with Crippen molar-refractivity contribution in [2.45, 2.75) is 38.5 Å². The first-order valence-electron chi connectivity index (χ1n) is 26.5. The number of likely N-dealkylation sites (tertiary alicyclic amines) is 2. The molecule has 0 unspecified atom stereocenters. The van der Waals surface area contributed by atoms with Gasteiger partial charge in [0.25, 0.3) is 11.8 Å². The standard InChI is InChI=1S/C27H33N9O2.C17H25N3O2.C10H9ClN6/c1-32-17-20(16-30-32)25-31-24-26(33(25)2)28-19-29-27(24)36-13-11-34(12-14-36)21-7-6-8-22(15-21)38-18-23(37)35-9-4-3-5-10-35;21-17(20-9-2-1-3-10-20)14-22-16-6-4-5-15(13-16)19-11-7-18-8-12-19;1-16-4-6(3-14-16)9-15-7-8(11)12-5-13-10(7)17(9)2/h6-8,15-17,19H,3-5,9-14,18H2,1-2H3;4-6,13,18H,1-3,7-12,14H2;3-5H,1-2H3. The van der Waals surface area contributed by atoms with Crippen LogP contribution in [0.25, 0.3) is 45.1 Å². The maximum absolute atomic E-state index is 12.5. The van der Waals surface area contributed by atoms with Crippen LogP contribution in [-0.2, 0) is 37.8 Å². The number of hydrogen-bond acceptors (Lipinski definition) is 16. The minimum absolute atomic E-state index is 0.0705. The molecule has 0 saturated carbocycles. The lowest BCUT2D eigenvalue weighted by Crippen LogP contribution is -2.47. The molecule has 404 valence electrons. The zero-order valence-electron chi connectivity index (χ0n) is 44.3. The van der Waals surface area contributed by atoms with E-state index >= 15 is 0 Å². The van der Waals surface area contributed by atoms with Crippen molar-refractivity contribution < 1.29 is 19.1 Å². The van der Waals surface area contributed by atoms with Crippen LogP contribution in [0.5, 0.6) is 11.5 Å². The summed E-state index contributed by atoms with van der Waals surface area (Å²) in [6.07, 6.45) is 17.3. The van der Waals surface area contributed by atoms with Crippen molar-refractivity contribution in [3.05, 3.63) is 91.1 Å². The van der Waals surface area contributed by atoms with Gasteiger partial charge in [-0.25, -0.2) is 29.9 Å². The smallest absolute Gasteiger partial charge is 0.260 e. The van der Waals surface area contributed by atoms with Crippen LogP contribution in [0.15, 0.2) is 86.0 Å². The molecule has 0 aliphatic carbocycles. The summed E-state index contributed by atoms with van der Waals surface area (Å²) in [6, 6.07) is 16.1. The van der Waals surface area contributed by atoms with Crippen LogP contribution in [0, 0.1) is 0 Å². The van der Waals surface area contributed by atoms with Gasteiger partial charge in [0.15, 0.2) is 41.0 Å². The number of imidazole rings is 2. The highest BCUT2D eigenvalue weighted by Gasteiger charge is 2.25. The number of carbonyl (C=O) groups excluding carboxylic acids is 2. The first-order valence-corrected chi connectivity index (χ1v) is 26.9. The van der Waals surface area contributed by atoms with Gasteiger partial charge in [-0.1, -0.05) is 23.7 Å². The summed E-state index contributed by atoms with van der Waals surface area (Å²) in [4.78, 5) is 62.0. The molecule has 12 rings (SSSR count). The lowest BCUT2D eigenvalue weighted by molar-refractivity contribution is -0.134. The van der Waals surface area contributed by atoms with Crippen LogP contribution in [-0.4, -0.2) is 172 Å². The highest BCUT2D eigenvalue weighted by Crippen LogP contribution is 2.30. The fourth-order valence-corrected chi connectivity index (χ4v) is 10.3. The van der Waals surface area contributed by atoms with Gasteiger partial charge in [0.1, 0.15) is 41.3 Å². The molecule has 22 nitrogen and oxygen atoms in total. The van der Waals surface area contributed by atoms with Gasteiger partial charge in [-0.05, 0) is 62.8 Å². The van der Waals surface area contributed by atoms with E-state index in [2.05, 4.69) is 67.3 Å². The third kappa shape index (κ3) is 12.5. The summed E-state index contributed by atoms with van der Waals surface area (Å²) >= 11 is 5.99. The summed E-state index contributed by atoms with van der Waals surface area (Å²) in [7, 11) is 7.62. The number of anilines is 3. The van der Waals surface area contributed by atoms with Crippen molar-refractivity contribution in [2.75, 3.05) is 106 Å². The lowest BCUT2D eigenvalue weighted by Gasteiger charge is -2.36. The molecule has 0 atom stereocenters. The average molecular weight is 1070 g/mol. The number of aryl methyl sites for hydroxylation is 4. The van der Waals surface area contributed by atoms with Crippen LogP contribution in [0.1, 0.15) is 38.5 Å². The number of benzene rings is 2. The van der Waals surface area contributed by atoms with Gasteiger partial charge in [-0.3, -0.25) is 19.0 Å². The molecule has 4 saturated heterocycles. The number of amides is 2. The molecule has 4 fully saturated rings. The first-order chi connectivity index (χ1) is 37.6. The van der Waals surface area contributed by atoms with Crippen molar-refractivity contribution >= 4 is 62.9 Å². The Balaban J connectivity index is 0.000000145. The lowest BCUT2D eigenvalue weighted by atomic mass is 10.1. The van der Waals surface area contributed by atoms with Gasteiger partial charge in [0.2, 0.25) is 0 Å². The monoisotopic (exact) mass is 1070 g/mol. The summed E-state index contributed by atoms with van der Waals surface area (Å²) in [5.74, 6) is 4.13. The molecule has 2 aromatic carbocycles. The topological polar surface area (TPSA) is 204 Å². The van der Waals surface area contributed by atoms with E-state index in [4.69, 9.17) is 26.1 Å². The Labute approximate surface area is 452 Å². The predicted molar refractivity (Wildman–Crippen MR) is 296 cm³/mol. The number of nitrogens with zero attached hydrogens (tertiary/aromatic N) is 17. The summed E-state index contributed by atoms with van der Waals surface area (Å²) < 4.78 is 19.0. The Bertz CT molecular complexity index is 3270. The molecule has 23 heteroatoms. The van der Waals surface area contributed by atoms with Crippen molar-refractivity contribution in [1.29, 1.82) is 0 Å². The van der Waals surface area contributed by atoms with Crippen LogP contribution >= 0.6 is 11.6 Å². The summed E-state index contributed by atoms with van der Waals surface area (Å²) in [5.41, 5.74) is 7.06. The minimum atomic E-state index is 0.0705. The number of halogens is 1. The molecule has 4 aliphatic heterocycles. The quantitative estimate of drug-likeness (QED) is 0.162. The number of fused-ring (bicyclic) bond motifs is 2. The SMILES string of the molecule is Cn1cc(-c2nc3c(Cl)ncnc3n2C)cn1.Cn1cc(-c2nc3c(N4CCN(c5cccc(OCC(=O)N6CCCCC6)c5)CC4)ncnc3n2C)cn1.O=C(COc1cccc(N2CCNCC2)c1)N1CCCCC1. The van der Waals surface area contributed by atoms with Crippen molar-refractivity contribution in [1.82, 2.24) is 73.7 Å². The third-order valence-electron chi connectivity index (χ3n) is 14.4. The van der Waals surface area contributed by atoms with Crippen LogP contribution < -0.4 is 29.5 Å². The molecule has 10 heterocycles. The molecule has 77 heavy (non-hydrogen) atoms. The van der Waals surface area contributed by atoms with E-state index in [-0.39, 0.29) is 25.0 Å². The zero-order chi connectivity index (χ0) is 53.3. The number of carbonyl (C=O) groups is 2. The highest BCUT2D eigenvalue weighted by atomic mass is 35.5. The molecule has 4 aliphatic rings. The molecule has 2 amide bonds. The van der Waals surface area contributed by atoms with Crippen molar-refractivity contribution in [3.8, 4) is 34.3 Å². The van der Waals surface area contributed by atoms with Crippen LogP contribution in [0.4, 0.5) is 17.2 Å². The van der Waals surface area contributed by atoms with Gasteiger partial charge >= 0.3 is 0 Å². The molecule has 1 N–H and O–H groups in total. The molecule has 0 spiro atoms. The van der Waals surface area contributed by atoms with Crippen molar-refractivity contribution in [3.63, 3.8) is 0 Å². The minimum Gasteiger partial charge on any atom is -0.484 e. The highest BCUT2D eigenvalue weighted by molar-refractivity contribution is 6.33. The molecule has 0 bridgehead atoms. The Hall–Kier alpha value is -7.85. The summed E-state index contributed by atoms with van der Waals surface area (Å²) in [6.45, 7) is 11.0. The van der Waals surface area contributed by atoms with E-state index in [1.54, 1.807) is 21.9 Å². The normalized spacial score (nSPS) is 16.0. The number of piperazine rings is 2. The van der Waals surface area contributed by atoms with Gasteiger partial charge in [-0.15, -0.1) is 0 Å². The molecular weight excluding hydrogens is 1000 g/mol. The molecule has 8 aromatic rings. The van der Waals surface area contributed by atoms with E-state index in [0.717, 1.165) is 161 Å². The fraction of sp³-hybridized carbons (Fsp3) is 0.444. The Morgan fingerprint density at radius 2 is 1.03 bits per heavy atom. The number of ether oxygens (including phenoxy) is 2. The second kappa shape index (κ2) is 24.4. The number of piperidine rings is 2. The molecular formula is C54H67ClN18O4. The Kier molecular flexibility index (Phi) is 16.7. The number of aromatic nitrogens is 12. The van der Waals surface area contributed by atoms with E-state index in [1.807, 2.05) is 102 Å². The first kappa shape index (κ1) is 52.6.